The lowest BCUT2D eigenvalue weighted by Crippen LogP contribution is -2.41. The Morgan fingerprint density at radius 2 is 1.19 bits per heavy atom. The van der Waals surface area contributed by atoms with Crippen molar-refractivity contribution in [1.29, 1.82) is 0 Å². The molecule has 8 nitrogen and oxygen atoms in total. The number of nitrogens with one attached hydrogen (secondary N) is 2. The second-order valence-corrected chi connectivity index (χ2v) is 4.86. The van der Waals surface area contributed by atoms with Crippen molar-refractivity contribution < 1.29 is 28.9 Å². The van der Waals surface area contributed by atoms with Crippen LogP contribution in [0.25, 0.3) is 0 Å². The number of amides is 2. The number of benzene rings is 2. The highest BCUT2D eigenvalue weighted by Gasteiger charge is 2.13. The van der Waals surface area contributed by atoms with Crippen LogP contribution in [-0.4, -0.2) is 38.3 Å². The van der Waals surface area contributed by atoms with Gasteiger partial charge in [-0.25, -0.2) is 0 Å². The maximum atomic E-state index is 12.1. The van der Waals surface area contributed by atoms with Gasteiger partial charge in [0, 0.05) is 11.1 Å². The molecule has 2 amide bonds. The van der Waals surface area contributed by atoms with Gasteiger partial charge in [-0.1, -0.05) is 13.8 Å². The van der Waals surface area contributed by atoms with Gasteiger partial charge in [0.2, 0.25) is 0 Å². The monoisotopic (exact) mass is 376 g/mol. The van der Waals surface area contributed by atoms with Gasteiger partial charge in [0.15, 0.2) is 23.0 Å². The molecule has 0 atom stereocenters. The molecule has 0 radical (unpaired) electrons. The van der Waals surface area contributed by atoms with E-state index < -0.39 is 11.8 Å². The van der Waals surface area contributed by atoms with E-state index in [0.717, 1.165) is 0 Å². The Hall–Kier alpha value is -3.42. The van der Waals surface area contributed by atoms with Gasteiger partial charge < -0.3 is 19.3 Å². The minimum Gasteiger partial charge on any atom is -0.504 e. The average Bonchev–Trinajstić information content (AvgIpc) is 2.72. The number of phenols is 1. The molecule has 0 unspecified atom stereocenters. The van der Waals surface area contributed by atoms with E-state index in [2.05, 4.69) is 10.9 Å². The Balaban J connectivity index is 0.00000176. The molecule has 2 aromatic rings. The topological polar surface area (TPSA) is 106 Å². The highest BCUT2D eigenvalue weighted by Crippen LogP contribution is 2.27. The Morgan fingerprint density at radius 1 is 0.741 bits per heavy atom. The van der Waals surface area contributed by atoms with Crippen molar-refractivity contribution in [1.82, 2.24) is 10.9 Å². The summed E-state index contributed by atoms with van der Waals surface area (Å²) in [5.74, 6) is -0.150. The highest BCUT2D eigenvalue weighted by molar-refractivity contribution is 5.99. The molecule has 0 aliphatic heterocycles. The summed E-state index contributed by atoms with van der Waals surface area (Å²) in [4.78, 5) is 24.2. The molecule has 0 heterocycles. The number of carbonyl (C=O) groups is 2. The second kappa shape index (κ2) is 10.5. The van der Waals surface area contributed by atoms with Gasteiger partial charge in [-0.05, 0) is 36.4 Å². The Morgan fingerprint density at radius 3 is 1.67 bits per heavy atom. The van der Waals surface area contributed by atoms with E-state index in [1.807, 2.05) is 13.8 Å². The molecule has 2 rings (SSSR count). The van der Waals surface area contributed by atoms with Crippen LogP contribution in [0.2, 0.25) is 0 Å². The van der Waals surface area contributed by atoms with Gasteiger partial charge in [0.05, 0.1) is 21.3 Å². The summed E-state index contributed by atoms with van der Waals surface area (Å²) in [7, 11) is 4.32. The highest BCUT2D eigenvalue weighted by atomic mass is 16.5. The Labute approximate surface area is 158 Å². The van der Waals surface area contributed by atoms with E-state index in [4.69, 9.17) is 14.2 Å². The maximum absolute atomic E-state index is 12.1. The van der Waals surface area contributed by atoms with Crippen molar-refractivity contribution in [2.45, 2.75) is 13.8 Å². The summed E-state index contributed by atoms with van der Waals surface area (Å²) in [5.41, 5.74) is 5.08. The molecule has 0 spiro atoms. The van der Waals surface area contributed by atoms with E-state index >= 15 is 0 Å². The molecule has 0 aliphatic rings. The van der Waals surface area contributed by atoms with Gasteiger partial charge >= 0.3 is 0 Å². The number of phenolic OH excluding ortho intramolecular Hbond substituents is 1. The van der Waals surface area contributed by atoms with Gasteiger partial charge in [-0.3, -0.25) is 20.4 Å². The molecule has 0 bridgehead atoms. The second-order valence-electron chi connectivity index (χ2n) is 4.86. The quantitative estimate of drug-likeness (QED) is 0.693. The lowest BCUT2D eigenvalue weighted by molar-refractivity contribution is 0.0846. The molecule has 0 aromatic heterocycles. The minimum absolute atomic E-state index is 0.0894. The zero-order chi connectivity index (χ0) is 20.4. The van der Waals surface area contributed by atoms with E-state index in [1.165, 1.54) is 51.7 Å². The summed E-state index contributed by atoms with van der Waals surface area (Å²) in [5, 5.41) is 9.53. The SMILES string of the molecule is CC.COc1cc(C(=O)NNC(=O)c2ccc(OC)c(OC)c2)ccc1O. The molecule has 0 saturated heterocycles. The lowest BCUT2D eigenvalue weighted by atomic mass is 10.2. The van der Waals surface area contributed by atoms with Crippen molar-refractivity contribution in [3.63, 3.8) is 0 Å². The summed E-state index contributed by atoms with van der Waals surface area (Å²) in [6.07, 6.45) is 0. The first kappa shape index (κ1) is 21.6. The first-order valence-electron chi connectivity index (χ1n) is 8.20. The molecule has 0 saturated carbocycles. The predicted octanol–water partition coefficient (Wildman–Crippen LogP) is 2.52. The number of hydrogen-bond donors (Lipinski definition) is 3. The summed E-state index contributed by atoms with van der Waals surface area (Å²) in [6.45, 7) is 4.00. The third-order valence-corrected chi connectivity index (χ3v) is 3.38. The zero-order valence-corrected chi connectivity index (χ0v) is 16.0. The molecule has 2 aromatic carbocycles. The van der Waals surface area contributed by atoms with E-state index in [1.54, 1.807) is 6.07 Å². The Bertz CT molecular complexity index is 792. The van der Waals surface area contributed by atoms with Crippen LogP contribution in [-0.2, 0) is 0 Å². The molecule has 3 N–H and O–H groups in total. The summed E-state index contributed by atoms with van der Waals surface area (Å²) >= 11 is 0. The number of ether oxygens (including phenoxy) is 3. The van der Waals surface area contributed by atoms with Crippen LogP contribution in [0.15, 0.2) is 36.4 Å². The van der Waals surface area contributed by atoms with Gasteiger partial charge in [0.25, 0.3) is 11.8 Å². The van der Waals surface area contributed by atoms with Gasteiger partial charge in [0.1, 0.15) is 0 Å². The summed E-state index contributed by atoms with van der Waals surface area (Å²) < 4.78 is 15.2. The molecule has 8 heteroatoms. The third-order valence-electron chi connectivity index (χ3n) is 3.38. The summed E-state index contributed by atoms with van der Waals surface area (Å²) in [6, 6.07) is 8.68. The zero-order valence-electron chi connectivity index (χ0n) is 16.0. The van der Waals surface area contributed by atoms with Crippen molar-refractivity contribution in [3.8, 4) is 23.0 Å². The van der Waals surface area contributed by atoms with Crippen molar-refractivity contribution in [2.24, 2.45) is 0 Å². The van der Waals surface area contributed by atoms with E-state index in [9.17, 15) is 14.7 Å². The number of rotatable bonds is 5. The van der Waals surface area contributed by atoms with Crippen LogP contribution in [0.5, 0.6) is 23.0 Å². The fourth-order valence-corrected chi connectivity index (χ4v) is 2.05. The lowest BCUT2D eigenvalue weighted by Gasteiger charge is -2.11. The molecular formula is C19H24N2O6. The van der Waals surface area contributed by atoms with Crippen LogP contribution in [0.1, 0.15) is 34.6 Å². The first-order valence-corrected chi connectivity index (χ1v) is 8.20. The number of hydrazine groups is 1. The largest absolute Gasteiger partial charge is 0.504 e. The van der Waals surface area contributed by atoms with E-state index in [0.29, 0.717) is 11.5 Å². The average molecular weight is 376 g/mol. The van der Waals surface area contributed by atoms with Crippen LogP contribution in [0, 0.1) is 0 Å². The van der Waals surface area contributed by atoms with Crippen molar-refractivity contribution in [3.05, 3.63) is 47.5 Å². The molecule has 146 valence electrons. The minimum atomic E-state index is -0.563. The van der Waals surface area contributed by atoms with Crippen LogP contribution >= 0.6 is 0 Å². The number of methoxy groups -OCH3 is 3. The molecule has 0 aliphatic carbocycles. The van der Waals surface area contributed by atoms with Crippen LogP contribution in [0.3, 0.4) is 0 Å². The van der Waals surface area contributed by atoms with Crippen LogP contribution in [0.4, 0.5) is 0 Å². The van der Waals surface area contributed by atoms with Gasteiger partial charge in [-0.2, -0.15) is 0 Å². The number of aromatic hydroxyl groups is 1. The molecule has 0 fully saturated rings. The fraction of sp³-hybridized carbons (Fsp3) is 0.263. The third kappa shape index (κ3) is 5.53. The maximum Gasteiger partial charge on any atom is 0.269 e. The predicted molar refractivity (Wildman–Crippen MR) is 100 cm³/mol. The van der Waals surface area contributed by atoms with Crippen molar-refractivity contribution in [2.75, 3.05) is 21.3 Å². The van der Waals surface area contributed by atoms with Crippen molar-refractivity contribution >= 4 is 11.8 Å². The number of carbonyl (C=O) groups excluding carboxylic acids is 2. The molecule has 27 heavy (non-hydrogen) atoms. The number of hydrogen-bond acceptors (Lipinski definition) is 6. The fourth-order valence-electron chi connectivity index (χ4n) is 2.05. The normalized spacial score (nSPS) is 9.37. The van der Waals surface area contributed by atoms with Crippen LogP contribution < -0.4 is 25.1 Å². The standard InChI is InChI=1S/C17H18N2O6.C2H6/c1-23-13-7-5-11(9-15(13)25-3)17(22)19-18-16(21)10-4-6-12(20)14(8-10)24-2;1-2/h4-9,20H,1-3H3,(H,18,21)(H,19,22);1-2H3. The smallest absolute Gasteiger partial charge is 0.269 e. The van der Waals surface area contributed by atoms with E-state index in [-0.39, 0.29) is 22.6 Å². The first-order chi connectivity index (χ1) is 13.0. The Kier molecular flexibility index (Phi) is 8.44. The van der Waals surface area contributed by atoms with Gasteiger partial charge in [-0.15, -0.1) is 0 Å². The molecular weight excluding hydrogens is 352 g/mol.